The Hall–Kier alpha value is -3.11. The molecule has 0 saturated heterocycles. The molecule has 1 aliphatic heterocycles. The number of imide groups is 1. The first-order valence-corrected chi connectivity index (χ1v) is 10.9. The molecule has 0 spiro atoms. The van der Waals surface area contributed by atoms with Gasteiger partial charge >= 0.3 is 0 Å². The first kappa shape index (κ1) is 20.2. The van der Waals surface area contributed by atoms with Gasteiger partial charge < -0.3 is 0 Å². The average molecular weight is 414 g/mol. The van der Waals surface area contributed by atoms with Crippen LogP contribution in [0, 0.1) is 20.8 Å². The molecule has 30 heavy (non-hydrogen) atoms. The summed E-state index contributed by atoms with van der Waals surface area (Å²) >= 11 is 1.43. The highest BCUT2D eigenvalue weighted by atomic mass is 32.2. The van der Waals surface area contributed by atoms with Crippen LogP contribution in [0.5, 0.6) is 0 Å². The zero-order valence-corrected chi connectivity index (χ0v) is 18.1. The Balaban J connectivity index is 1.79. The summed E-state index contributed by atoms with van der Waals surface area (Å²) in [5.74, 6) is 0.127. The molecular weight excluding hydrogens is 390 g/mol. The Bertz CT molecular complexity index is 1160. The van der Waals surface area contributed by atoms with E-state index in [1.54, 1.807) is 0 Å². The molecule has 0 aliphatic carbocycles. The third-order valence-corrected chi connectivity index (χ3v) is 6.56. The summed E-state index contributed by atoms with van der Waals surface area (Å²) in [4.78, 5) is 28.8. The number of aryl methyl sites for hydroxylation is 3. The molecule has 2 amide bonds. The van der Waals surface area contributed by atoms with Gasteiger partial charge in [-0.05, 0) is 54.7 Å². The molecule has 4 heteroatoms. The van der Waals surface area contributed by atoms with Gasteiger partial charge in [-0.1, -0.05) is 66.7 Å². The smallest absolute Gasteiger partial charge is 0.268 e. The Morgan fingerprint density at radius 2 is 1.43 bits per heavy atom. The number of nitrogens with zero attached hydrogens (tertiary/aromatic N) is 1. The van der Waals surface area contributed by atoms with E-state index in [1.165, 1.54) is 16.7 Å². The van der Waals surface area contributed by atoms with E-state index in [9.17, 15) is 9.59 Å². The maximum atomic E-state index is 13.5. The van der Waals surface area contributed by atoms with Crippen LogP contribution in [0.15, 0.2) is 77.7 Å². The molecule has 150 valence electrons. The molecule has 0 fully saturated rings. The van der Waals surface area contributed by atoms with Crippen molar-refractivity contribution in [1.29, 1.82) is 0 Å². The zero-order chi connectivity index (χ0) is 21.3. The lowest BCUT2D eigenvalue weighted by Crippen LogP contribution is -2.31. The van der Waals surface area contributed by atoms with Crippen LogP contribution < -0.4 is 4.90 Å². The first-order chi connectivity index (χ1) is 14.5. The van der Waals surface area contributed by atoms with Crippen LogP contribution in [0.25, 0.3) is 5.57 Å². The van der Waals surface area contributed by atoms with Crippen molar-refractivity contribution >= 4 is 34.8 Å². The summed E-state index contributed by atoms with van der Waals surface area (Å²) < 4.78 is 0. The zero-order valence-electron chi connectivity index (χ0n) is 17.3. The van der Waals surface area contributed by atoms with E-state index in [0.29, 0.717) is 21.9 Å². The van der Waals surface area contributed by atoms with Crippen LogP contribution in [0.3, 0.4) is 0 Å². The van der Waals surface area contributed by atoms with Crippen molar-refractivity contribution in [2.75, 3.05) is 4.90 Å². The minimum atomic E-state index is -0.256. The molecule has 0 N–H and O–H groups in total. The lowest BCUT2D eigenvalue weighted by molar-refractivity contribution is -0.119. The lowest BCUT2D eigenvalue weighted by atomic mass is 10.0. The Morgan fingerprint density at radius 1 is 0.733 bits per heavy atom. The number of hydrogen-bond acceptors (Lipinski definition) is 3. The maximum Gasteiger partial charge on any atom is 0.272 e. The van der Waals surface area contributed by atoms with Crippen molar-refractivity contribution in [3.05, 3.63) is 106 Å². The highest BCUT2D eigenvalue weighted by Gasteiger charge is 2.40. The second kappa shape index (κ2) is 8.33. The van der Waals surface area contributed by atoms with E-state index in [-0.39, 0.29) is 11.8 Å². The molecule has 0 unspecified atom stereocenters. The van der Waals surface area contributed by atoms with Crippen LogP contribution >= 0.6 is 11.8 Å². The predicted octanol–water partition coefficient (Wildman–Crippen LogP) is 5.83. The van der Waals surface area contributed by atoms with Gasteiger partial charge in [-0.25, -0.2) is 4.90 Å². The molecule has 0 radical (unpaired) electrons. The standard InChI is InChI=1S/C26H23NO2S/c1-17-13-14-21(15-19(17)3)23-24(30-16-20-10-5-4-6-11-20)26(29)27(25(23)28)22-12-8-7-9-18(22)2/h4-15H,16H2,1-3H3. The highest BCUT2D eigenvalue weighted by Crippen LogP contribution is 2.40. The summed E-state index contributed by atoms with van der Waals surface area (Å²) in [6, 6.07) is 23.4. The monoisotopic (exact) mass is 413 g/mol. The SMILES string of the molecule is Cc1ccc(C2=C(SCc3ccccc3)C(=O)N(c3ccccc3C)C2=O)cc1C. The van der Waals surface area contributed by atoms with Gasteiger partial charge in [0.05, 0.1) is 16.2 Å². The van der Waals surface area contributed by atoms with Gasteiger partial charge in [-0.15, -0.1) is 11.8 Å². The number of amides is 2. The number of para-hydroxylation sites is 1. The molecule has 3 aromatic rings. The summed E-state index contributed by atoms with van der Waals surface area (Å²) in [5, 5.41) is 0. The van der Waals surface area contributed by atoms with E-state index in [1.807, 2.05) is 93.6 Å². The van der Waals surface area contributed by atoms with Crippen molar-refractivity contribution in [3.8, 4) is 0 Å². The summed E-state index contributed by atoms with van der Waals surface area (Å²) in [6.45, 7) is 5.98. The maximum absolute atomic E-state index is 13.5. The second-order valence-electron chi connectivity index (χ2n) is 7.51. The van der Waals surface area contributed by atoms with Gasteiger partial charge in [0.15, 0.2) is 0 Å². The largest absolute Gasteiger partial charge is 0.272 e. The minimum Gasteiger partial charge on any atom is -0.268 e. The van der Waals surface area contributed by atoms with E-state index in [4.69, 9.17) is 0 Å². The number of hydrogen-bond donors (Lipinski definition) is 0. The topological polar surface area (TPSA) is 37.4 Å². The highest BCUT2D eigenvalue weighted by molar-refractivity contribution is 8.03. The molecule has 3 aromatic carbocycles. The Labute approximate surface area is 181 Å². The summed E-state index contributed by atoms with van der Waals surface area (Å²) in [5.41, 5.74) is 6.20. The fourth-order valence-electron chi connectivity index (χ4n) is 3.56. The molecule has 0 saturated carbocycles. The minimum absolute atomic E-state index is 0.247. The third-order valence-electron chi connectivity index (χ3n) is 5.42. The van der Waals surface area contributed by atoms with Crippen molar-refractivity contribution < 1.29 is 9.59 Å². The van der Waals surface area contributed by atoms with E-state index in [0.717, 1.165) is 27.8 Å². The number of anilines is 1. The average Bonchev–Trinajstić information content (AvgIpc) is 2.99. The summed E-state index contributed by atoms with van der Waals surface area (Å²) in [7, 11) is 0. The van der Waals surface area contributed by atoms with Crippen LogP contribution in [0.4, 0.5) is 5.69 Å². The normalized spacial score (nSPS) is 14.0. The molecule has 3 nitrogen and oxygen atoms in total. The molecule has 1 heterocycles. The van der Waals surface area contributed by atoms with Crippen molar-refractivity contribution in [3.63, 3.8) is 0 Å². The van der Waals surface area contributed by atoms with Gasteiger partial charge in [0, 0.05) is 5.75 Å². The van der Waals surface area contributed by atoms with Gasteiger partial charge in [0.25, 0.3) is 11.8 Å². The van der Waals surface area contributed by atoms with E-state index >= 15 is 0 Å². The Kier molecular flexibility index (Phi) is 5.60. The van der Waals surface area contributed by atoms with Gasteiger partial charge in [0.2, 0.25) is 0 Å². The summed E-state index contributed by atoms with van der Waals surface area (Å²) in [6.07, 6.45) is 0. The number of carbonyl (C=O) groups is 2. The number of thioether (sulfide) groups is 1. The fraction of sp³-hybridized carbons (Fsp3) is 0.154. The molecular formula is C26H23NO2S. The third kappa shape index (κ3) is 3.71. The number of benzene rings is 3. The van der Waals surface area contributed by atoms with Crippen molar-refractivity contribution in [2.24, 2.45) is 0 Å². The predicted molar refractivity (Wildman–Crippen MR) is 124 cm³/mol. The molecule has 0 atom stereocenters. The quantitative estimate of drug-likeness (QED) is 0.494. The van der Waals surface area contributed by atoms with Gasteiger partial charge in [-0.3, -0.25) is 9.59 Å². The van der Waals surface area contributed by atoms with Crippen LogP contribution in [0.1, 0.15) is 27.8 Å². The molecule has 1 aliphatic rings. The second-order valence-corrected chi connectivity index (χ2v) is 8.50. The van der Waals surface area contributed by atoms with Crippen molar-refractivity contribution in [2.45, 2.75) is 26.5 Å². The van der Waals surface area contributed by atoms with E-state index in [2.05, 4.69) is 0 Å². The Morgan fingerprint density at radius 3 is 2.13 bits per heavy atom. The van der Waals surface area contributed by atoms with Gasteiger partial charge in [-0.2, -0.15) is 0 Å². The molecule has 4 rings (SSSR count). The van der Waals surface area contributed by atoms with Crippen LogP contribution in [0.2, 0.25) is 0 Å². The van der Waals surface area contributed by atoms with Crippen LogP contribution in [-0.4, -0.2) is 11.8 Å². The van der Waals surface area contributed by atoms with Crippen LogP contribution in [-0.2, 0) is 15.3 Å². The first-order valence-electron chi connectivity index (χ1n) is 9.90. The number of carbonyl (C=O) groups excluding carboxylic acids is 2. The fourth-order valence-corrected chi connectivity index (χ4v) is 4.63. The lowest BCUT2D eigenvalue weighted by Gasteiger charge is -2.17. The van der Waals surface area contributed by atoms with E-state index < -0.39 is 0 Å². The van der Waals surface area contributed by atoms with Gasteiger partial charge in [0.1, 0.15) is 0 Å². The number of rotatable bonds is 5. The van der Waals surface area contributed by atoms with Crippen molar-refractivity contribution in [1.82, 2.24) is 0 Å². The molecule has 0 bridgehead atoms. The molecule has 0 aromatic heterocycles.